The van der Waals surface area contributed by atoms with Crippen molar-refractivity contribution in [2.45, 2.75) is 13.0 Å². The summed E-state index contributed by atoms with van der Waals surface area (Å²) in [5.74, 6) is 0.857. The Labute approximate surface area is 175 Å². The molecular weight excluding hydrogens is 410 g/mol. The molecule has 1 aliphatic rings. The number of anilines is 1. The maximum Gasteiger partial charge on any atom is 0.258 e. The van der Waals surface area contributed by atoms with Crippen LogP contribution in [0.5, 0.6) is 11.5 Å². The third-order valence-corrected chi connectivity index (χ3v) is 6.33. The van der Waals surface area contributed by atoms with Crippen LogP contribution >= 0.6 is 22.7 Å². The number of hydrogen-bond donors (Lipinski definition) is 1. The first-order valence-electron chi connectivity index (χ1n) is 8.92. The molecule has 7 nitrogen and oxygen atoms in total. The summed E-state index contributed by atoms with van der Waals surface area (Å²) in [6.45, 7) is 1.04. The SMILES string of the molecule is COc1ccc(C(=O)N2CCc3nc(NC(=O)c4ccsc4)sc3C2)cc1OC. The molecule has 0 atom stereocenters. The lowest BCUT2D eigenvalue weighted by molar-refractivity contribution is 0.0735. The first-order valence-corrected chi connectivity index (χ1v) is 10.7. The maximum absolute atomic E-state index is 13.0. The van der Waals surface area contributed by atoms with E-state index in [4.69, 9.17) is 9.47 Å². The molecule has 0 aliphatic carbocycles. The molecular formula is C20H19N3O4S2. The third-order valence-electron chi connectivity index (χ3n) is 4.65. The van der Waals surface area contributed by atoms with Crippen molar-refractivity contribution in [2.24, 2.45) is 0 Å². The first-order chi connectivity index (χ1) is 14.1. The Morgan fingerprint density at radius 1 is 1.14 bits per heavy atom. The average molecular weight is 430 g/mol. The minimum absolute atomic E-state index is 0.0751. The van der Waals surface area contributed by atoms with Gasteiger partial charge in [-0.2, -0.15) is 11.3 Å². The van der Waals surface area contributed by atoms with E-state index in [0.717, 1.165) is 10.6 Å². The van der Waals surface area contributed by atoms with E-state index in [0.29, 0.717) is 47.3 Å². The van der Waals surface area contributed by atoms with Gasteiger partial charge in [0.1, 0.15) is 0 Å². The summed E-state index contributed by atoms with van der Waals surface area (Å²) in [4.78, 5) is 32.5. The highest BCUT2D eigenvalue weighted by atomic mass is 32.1. The van der Waals surface area contributed by atoms with Crippen molar-refractivity contribution >= 4 is 39.6 Å². The van der Waals surface area contributed by atoms with Crippen molar-refractivity contribution in [1.29, 1.82) is 0 Å². The van der Waals surface area contributed by atoms with Crippen LogP contribution in [-0.2, 0) is 13.0 Å². The number of ether oxygens (including phenoxy) is 2. The molecule has 4 rings (SSSR count). The van der Waals surface area contributed by atoms with E-state index >= 15 is 0 Å². The van der Waals surface area contributed by atoms with Crippen LogP contribution in [0, 0.1) is 0 Å². The Hall–Kier alpha value is -2.91. The summed E-state index contributed by atoms with van der Waals surface area (Å²) in [6.07, 6.45) is 0.652. The number of carbonyl (C=O) groups is 2. The monoisotopic (exact) mass is 429 g/mol. The average Bonchev–Trinajstić information content (AvgIpc) is 3.41. The number of hydrogen-bond acceptors (Lipinski definition) is 7. The van der Waals surface area contributed by atoms with Crippen molar-refractivity contribution in [3.8, 4) is 11.5 Å². The zero-order valence-corrected chi connectivity index (χ0v) is 17.6. The normalized spacial score (nSPS) is 13.0. The second-order valence-electron chi connectivity index (χ2n) is 6.40. The molecule has 0 radical (unpaired) electrons. The van der Waals surface area contributed by atoms with Crippen LogP contribution in [0.3, 0.4) is 0 Å². The lowest BCUT2D eigenvalue weighted by atomic mass is 10.1. The Kier molecular flexibility index (Phi) is 5.50. The van der Waals surface area contributed by atoms with E-state index in [9.17, 15) is 9.59 Å². The predicted molar refractivity (Wildman–Crippen MR) is 112 cm³/mol. The molecule has 1 N–H and O–H groups in total. The molecule has 29 heavy (non-hydrogen) atoms. The van der Waals surface area contributed by atoms with Crippen LogP contribution in [0.15, 0.2) is 35.0 Å². The van der Waals surface area contributed by atoms with E-state index in [1.165, 1.54) is 22.7 Å². The van der Waals surface area contributed by atoms with Gasteiger partial charge < -0.3 is 14.4 Å². The number of nitrogens with one attached hydrogen (secondary N) is 1. The Morgan fingerprint density at radius 3 is 2.69 bits per heavy atom. The molecule has 0 unspecified atom stereocenters. The van der Waals surface area contributed by atoms with Crippen molar-refractivity contribution < 1.29 is 19.1 Å². The molecule has 0 spiro atoms. The topological polar surface area (TPSA) is 80.8 Å². The van der Waals surface area contributed by atoms with E-state index in [-0.39, 0.29) is 11.8 Å². The summed E-state index contributed by atoms with van der Waals surface area (Å²) >= 11 is 2.89. The molecule has 3 aromatic rings. The fourth-order valence-corrected chi connectivity index (χ4v) is 4.79. The second-order valence-corrected chi connectivity index (χ2v) is 8.27. The summed E-state index contributed by atoms with van der Waals surface area (Å²) in [6, 6.07) is 6.93. The number of carbonyl (C=O) groups excluding carboxylic acids is 2. The van der Waals surface area contributed by atoms with Gasteiger partial charge in [-0.25, -0.2) is 4.98 Å². The number of benzene rings is 1. The molecule has 0 bridgehead atoms. The number of thiazole rings is 1. The molecule has 0 saturated heterocycles. The van der Waals surface area contributed by atoms with Crippen molar-refractivity contribution in [1.82, 2.24) is 9.88 Å². The third kappa shape index (κ3) is 3.96. The number of thiophene rings is 1. The summed E-state index contributed by atoms with van der Waals surface area (Å²) in [7, 11) is 3.10. The summed E-state index contributed by atoms with van der Waals surface area (Å²) < 4.78 is 10.5. The van der Waals surface area contributed by atoms with Crippen LogP contribution in [0.4, 0.5) is 5.13 Å². The maximum atomic E-state index is 13.0. The molecule has 0 saturated carbocycles. The number of nitrogens with zero attached hydrogens (tertiary/aromatic N) is 2. The standard InChI is InChI=1S/C20H19N3O4S2/c1-26-15-4-3-12(9-16(15)27-2)19(25)23-7-5-14-17(10-23)29-20(21-14)22-18(24)13-6-8-28-11-13/h3-4,6,8-9,11H,5,7,10H2,1-2H3,(H,21,22,24). The van der Waals surface area contributed by atoms with Gasteiger partial charge in [0.15, 0.2) is 16.6 Å². The van der Waals surface area contributed by atoms with Gasteiger partial charge in [0, 0.05) is 28.8 Å². The van der Waals surface area contributed by atoms with Crippen molar-refractivity contribution in [3.63, 3.8) is 0 Å². The Balaban J connectivity index is 1.48. The van der Waals surface area contributed by atoms with Crippen LogP contribution in [-0.4, -0.2) is 42.5 Å². The zero-order chi connectivity index (χ0) is 20.4. The van der Waals surface area contributed by atoms with Gasteiger partial charge >= 0.3 is 0 Å². The highest BCUT2D eigenvalue weighted by Gasteiger charge is 2.26. The largest absolute Gasteiger partial charge is 0.493 e. The van der Waals surface area contributed by atoms with Gasteiger partial charge in [-0.1, -0.05) is 11.3 Å². The number of aromatic nitrogens is 1. The quantitative estimate of drug-likeness (QED) is 0.669. The second kappa shape index (κ2) is 8.22. The number of fused-ring (bicyclic) bond motifs is 1. The molecule has 150 valence electrons. The van der Waals surface area contributed by atoms with Crippen molar-refractivity contribution in [2.75, 3.05) is 26.1 Å². The van der Waals surface area contributed by atoms with Gasteiger partial charge in [0.05, 0.1) is 32.0 Å². The van der Waals surface area contributed by atoms with E-state index in [1.54, 1.807) is 48.8 Å². The predicted octanol–water partition coefficient (Wildman–Crippen LogP) is 3.67. The first kappa shape index (κ1) is 19.4. The molecule has 2 aromatic heterocycles. The van der Waals surface area contributed by atoms with E-state index in [1.807, 2.05) is 5.38 Å². The lowest BCUT2D eigenvalue weighted by Gasteiger charge is -2.26. The highest BCUT2D eigenvalue weighted by Crippen LogP contribution is 2.31. The van der Waals surface area contributed by atoms with Crippen LogP contribution in [0.1, 0.15) is 31.3 Å². The molecule has 2 amide bonds. The molecule has 1 aliphatic heterocycles. The molecule has 3 heterocycles. The van der Waals surface area contributed by atoms with E-state index in [2.05, 4.69) is 10.3 Å². The smallest absolute Gasteiger partial charge is 0.258 e. The fraction of sp³-hybridized carbons (Fsp3) is 0.250. The van der Waals surface area contributed by atoms with Gasteiger partial charge in [-0.05, 0) is 29.6 Å². The number of amides is 2. The van der Waals surface area contributed by atoms with Crippen LogP contribution in [0.25, 0.3) is 0 Å². The van der Waals surface area contributed by atoms with E-state index < -0.39 is 0 Å². The molecule has 0 fully saturated rings. The summed E-state index contributed by atoms with van der Waals surface area (Å²) in [5.41, 5.74) is 2.10. The van der Waals surface area contributed by atoms with Gasteiger partial charge in [-0.3, -0.25) is 14.9 Å². The van der Waals surface area contributed by atoms with Crippen LogP contribution < -0.4 is 14.8 Å². The van der Waals surface area contributed by atoms with Gasteiger partial charge in [0.25, 0.3) is 11.8 Å². The van der Waals surface area contributed by atoms with Gasteiger partial charge in [0.2, 0.25) is 0 Å². The lowest BCUT2D eigenvalue weighted by Crippen LogP contribution is -2.35. The Morgan fingerprint density at radius 2 is 1.97 bits per heavy atom. The minimum atomic E-state index is -0.171. The Bertz CT molecular complexity index is 1050. The summed E-state index contributed by atoms with van der Waals surface area (Å²) in [5, 5.41) is 7.07. The van der Waals surface area contributed by atoms with Crippen LogP contribution in [0.2, 0.25) is 0 Å². The number of rotatable bonds is 5. The molecule has 9 heteroatoms. The fourth-order valence-electron chi connectivity index (χ4n) is 3.14. The number of methoxy groups -OCH3 is 2. The molecule has 1 aromatic carbocycles. The van der Waals surface area contributed by atoms with Gasteiger partial charge in [-0.15, -0.1) is 0 Å². The van der Waals surface area contributed by atoms with Crippen molar-refractivity contribution in [3.05, 3.63) is 56.7 Å². The highest BCUT2D eigenvalue weighted by molar-refractivity contribution is 7.16. The zero-order valence-electron chi connectivity index (χ0n) is 15.9. The minimum Gasteiger partial charge on any atom is -0.493 e.